The fourth-order valence-corrected chi connectivity index (χ4v) is 2.91. The topological polar surface area (TPSA) is 57.3 Å². The fourth-order valence-electron chi connectivity index (χ4n) is 2.69. The van der Waals surface area contributed by atoms with Crippen LogP contribution in [0, 0.1) is 17.2 Å². The van der Waals surface area contributed by atoms with Crippen LogP contribution < -0.4 is 10.2 Å². The SMILES string of the molecule is CC1CC[NH+]([C@@H](C)C(=O)Nc2ccc(C#N)c(Cl)c2)CC1. The van der Waals surface area contributed by atoms with Crippen molar-refractivity contribution in [3.63, 3.8) is 0 Å². The van der Waals surface area contributed by atoms with E-state index < -0.39 is 0 Å². The van der Waals surface area contributed by atoms with Gasteiger partial charge in [0.05, 0.1) is 23.7 Å². The van der Waals surface area contributed by atoms with Gasteiger partial charge in [0.15, 0.2) is 6.04 Å². The van der Waals surface area contributed by atoms with Crippen molar-refractivity contribution in [1.82, 2.24) is 0 Å². The molecule has 1 amide bonds. The van der Waals surface area contributed by atoms with Gasteiger partial charge in [-0.25, -0.2) is 0 Å². The fraction of sp³-hybridized carbons (Fsp3) is 0.500. The molecular formula is C16H21ClN3O+. The van der Waals surface area contributed by atoms with Gasteiger partial charge in [-0.3, -0.25) is 4.79 Å². The van der Waals surface area contributed by atoms with Crippen LogP contribution in [0.3, 0.4) is 0 Å². The zero-order valence-electron chi connectivity index (χ0n) is 12.4. The molecule has 2 N–H and O–H groups in total. The summed E-state index contributed by atoms with van der Waals surface area (Å²) in [7, 11) is 0. The maximum atomic E-state index is 12.3. The Bertz CT molecular complexity index is 559. The molecule has 1 saturated heterocycles. The van der Waals surface area contributed by atoms with Crippen LogP contribution in [-0.4, -0.2) is 25.0 Å². The number of carbonyl (C=O) groups is 1. The maximum absolute atomic E-state index is 12.3. The third kappa shape index (κ3) is 3.96. The van der Waals surface area contributed by atoms with E-state index in [4.69, 9.17) is 16.9 Å². The van der Waals surface area contributed by atoms with Crippen LogP contribution in [0.4, 0.5) is 5.69 Å². The highest BCUT2D eigenvalue weighted by Gasteiger charge is 2.28. The zero-order chi connectivity index (χ0) is 15.4. The van der Waals surface area contributed by atoms with Gasteiger partial charge in [-0.2, -0.15) is 5.26 Å². The molecular weight excluding hydrogens is 286 g/mol. The highest BCUT2D eigenvalue weighted by Crippen LogP contribution is 2.20. The molecule has 0 spiro atoms. The van der Waals surface area contributed by atoms with Gasteiger partial charge >= 0.3 is 0 Å². The number of likely N-dealkylation sites (tertiary alicyclic amines) is 1. The number of rotatable bonds is 3. The summed E-state index contributed by atoms with van der Waals surface area (Å²) in [5.74, 6) is 0.765. The first-order chi connectivity index (χ1) is 10.0. The first kappa shape index (κ1) is 15.8. The summed E-state index contributed by atoms with van der Waals surface area (Å²) in [4.78, 5) is 13.7. The second kappa shape index (κ2) is 6.93. The lowest BCUT2D eigenvalue weighted by Crippen LogP contribution is -3.17. The van der Waals surface area contributed by atoms with Crippen molar-refractivity contribution in [1.29, 1.82) is 5.26 Å². The molecule has 5 heteroatoms. The Labute approximate surface area is 130 Å². The van der Waals surface area contributed by atoms with E-state index in [1.165, 1.54) is 17.7 Å². The second-order valence-corrected chi connectivity index (χ2v) is 6.27. The molecule has 1 atom stereocenters. The lowest BCUT2D eigenvalue weighted by molar-refractivity contribution is -0.919. The van der Waals surface area contributed by atoms with E-state index in [1.54, 1.807) is 18.2 Å². The molecule has 0 unspecified atom stereocenters. The van der Waals surface area contributed by atoms with E-state index in [0.717, 1.165) is 19.0 Å². The summed E-state index contributed by atoms with van der Waals surface area (Å²) in [6.07, 6.45) is 2.35. The number of amides is 1. The molecule has 1 fully saturated rings. The summed E-state index contributed by atoms with van der Waals surface area (Å²) in [6.45, 7) is 6.32. The van der Waals surface area contributed by atoms with Crippen LogP contribution >= 0.6 is 11.6 Å². The summed E-state index contributed by atoms with van der Waals surface area (Å²) < 4.78 is 0. The van der Waals surface area contributed by atoms with Gasteiger partial charge in [-0.15, -0.1) is 0 Å². The molecule has 1 heterocycles. The number of anilines is 1. The number of quaternary nitrogens is 1. The van der Waals surface area contributed by atoms with E-state index >= 15 is 0 Å². The van der Waals surface area contributed by atoms with Crippen LogP contribution in [0.2, 0.25) is 5.02 Å². The Morgan fingerprint density at radius 1 is 1.48 bits per heavy atom. The van der Waals surface area contributed by atoms with Gasteiger partial charge < -0.3 is 10.2 Å². The van der Waals surface area contributed by atoms with Crippen LogP contribution in [0.15, 0.2) is 18.2 Å². The second-order valence-electron chi connectivity index (χ2n) is 5.86. The molecule has 1 aromatic rings. The predicted molar refractivity (Wildman–Crippen MR) is 83.4 cm³/mol. The molecule has 0 radical (unpaired) electrons. The van der Waals surface area contributed by atoms with Crippen molar-refractivity contribution in [3.8, 4) is 6.07 Å². The van der Waals surface area contributed by atoms with Gasteiger partial charge in [0, 0.05) is 5.69 Å². The minimum atomic E-state index is -0.0769. The largest absolute Gasteiger partial charge is 0.325 e. The Kier molecular flexibility index (Phi) is 5.22. The molecule has 1 aliphatic heterocycles. The number of benzene rings is 1. The first-order valence-corrected chi connectivity index (χ1v) is 7.74. The third-order valence-corrected chi connectivity index (χ3v) is 4.59. The average molecular weight is 307 g/mol. The molecule has 2 rings (SSSR count). The Morgan fingerprint density at radius 2 is 2.14 bits per heavy atom. The standard InChI is InChI=1S/C16H20ClN3O/c1-11-5-7-20(8-6-11)12(2)16(21)19-14-4-3-13(10-18)15(17)9-14/h3-4,9,11-12H,5-8H2,1-2H3,(H,19,21)/p+1/t12-/m0/s1. The highest BCUT2D eigenvalue weighted by molar-refractivity contribution is 6.32. The monoisotopic (exact) mass is 306 g/mol. The molecule has 1 aromatic carbocycles. The number of nitriles is 1. The molecule has 0 saturated carbocycles. The minimum absolute atomic E-state index is 0.000303. The quantitative estimate of drug-likeness (QED) is 0.895. The maximum Gasteiger partial charge on any atom is 0.282 e. The normalized spacial score (nSPS) is 23.1. The lowest BCUT2D eigenvalue weighted by atomic mass is 9.98. The molecule has 112 valence electrons. The summed E-state index contributed by atoms with van der Waals surface area (Å²) in [6, 6.07) is 6.89. The first-order valence-electron chi connectivity index (χ1n) is 7.36. The third-order valence-electron chi connectivity index (χ3n) is 4.28. The van der Waals surface area contributed by atoms with Crippen molar-refractivity contribution < 1.29 is 9.69 Å². The van der Waals surface area contributed by atoms with Gasteiger partial charge in [0.1, 0.15) is 6.07 Å². The summed E-state index contributed by atoms with van der Waals surface area (Å²) in [5.41, 5.74) is 1.05. The number of hydrogen-bond donors (Lipinski definition) is 2. The van der Waals surface area contributed by atoms with Gasteiger partial charge in [0.25, 0.3) is 5.91 Å². The molecule has 4 nitrogen and oxygen atoms in total. The van der Waals surface area contributed by atoms with Crippen molar-refractivity contribution in [2.75, 3.05) is 18.4 Å². The van der Waals surface area contributed by atoms with E-state index in [9.17, 15) is 4.79 Å². The predicted octanol–water partition coefficient (Wildman–Crippen LogP) is 1.85. The van der Waals surface area contributed by atoms with E-state index in [2.05, 4.69) is 12.2 Å². The summed E-state index contributed by atoms with van der Waals surface area (Å²) >= 11 is 5.98. The van der Waals surface area contributed by atoms with Gasteiger partial charge in [0.2, 0.25) is 0 Å². The van der Waals surface area contributed by atoms with E-state index in [1.807, 2.05) is 13.0 Å². The number of nitrogens with zero attached hydrogens (tertiary/aromatic N) is 1. The van der Waals surface area contributed by atoms with Crippen LogP contribution in [0.1, 0.15) is 32.3 Å². The Balaban J connectivity index is 1.97. The van der Waals surface area contributed by atoms with Crippen LogP contribution in [0.5, 0.6) is 0 Å². The molecule has 21 heavy (non-hydrogen) atoms. The van der Waals surface area contributed by atoms with Gasteiger partial charge in [-0.1, -0.05) is 18.5 Å². The van der Waals surface area contributed by atoms with Crippen molar-refractivity contribution in [2.45, 2.75) is 32.7 Å². The molecule has 0 aliphatic carbocycles. The number of hydrogen-bond acceptors (Lipinski definition) is 2. The number of piperidine rings is 1. The number of carbonyl (C=O) groups excluding carboxylic acids is 1. The van der Waals surface area contributed by atoms with Crippen molar-refractivity contribution in [3.05, 3.63) is 28.8 Å². The minimum Gasteiger partial charge on any atom is -0.325 e. The van der Waals surface area contributed by atoms with Crippen molar-refractivity contribution in [2.24, 2.45) is 5.92 Å². The molecule has 0 aromatic heterocycles. The molecule has 1 aliphatic rings. The average Bonchev–Trinajstić information content (AvgIpc) is 2.47. The van der Waals surface area contributed by atoms with E-state index in [-0.39, 0.29) is 11.9 Å². The Hall–Kier alpha value is -1.57. The van der Waals surface area contributed by atoms with Crippen LogP contribution in [-0.2, 0) is 4.79 Å². The summed E-state index contributed by atoms with van der Waals surface area (Å²) in [5, 5.41) is 12.1. The number of nitrogens with one attached hydrogen (secondary N) is 2. The van der Waals surface area contributed by atoms with E-state index in [0.29, 0.717) is 16.3 Å². The smallest absolute Gasteiger partial charge is 0.282 e. The van der Waals surface area contributed by atoms with Crippen molar-refractivity contribution >= 4 is 23.2 Å². The molecule has 0 bridgehead atoms. The highest BCUT2D eigenvalue weighted by atomic mass is 35.5. The number of halogens is 1. The van der Waals surface area contributed by atoms with Gasteiger partial charge in [-0.05, 0) is 43.9 Å². The van der Waals surface area contributed by atoms with Crippen LogP contribution in [0.25, 0.3) is 0 Å². The zero-order valence-corrected chi connectivity index (χ0v) is 13.2. The Morgan fingerprint density at radius 3 is 2.71 bits per heavy atom. The lowest BCUT2D eigenvalue weighted by Gasteiger charge is -2.31.